The smallest absolute Gasteiger partial charge is 0.246 e. The number of nitrogens with zero attached hydrogens (tertiary/aromatic N) is 1. The second-order valence-electron chi connectivity index (χ2n) is 3.45. The van der Waals surface area contributed by atoms with Gasteiger partial charge in [-0.2, -0.15) is 0 Å². The summed E-state index contributed by atoms with van der Waals surface area (Å²) < 4.78 is 30.8. The van der Waals surface area contributed by atoms with Gasteiger partial charge in [0.05, 0.1) is 6.10 Å². The summed E-state index contributed by atoms with van der Waals surface area (Å²) in [5.74, 6) is 5.17. The number of nitrogens with one attached hydrogen (secondary N) is 1. The second-order valence-corrected chi connectivity index (χ2v) is 5.16. The molecule has 0 aliphatic heterocycles. The topological polar surface area (TPSA) is 107 Å². The maximum atomic E-state index is 11.8. The van der Waals surface area contributed by atoms with Gasteiger partial charge in [0.2, 0.25) is 10.0 Å². The number of hydrogen-bond donors (Lipinski definition) is 2. The van der Waals surface area contributed by atoms with Crippen molar-refractivity contribution in [2.75, 3.05) is 6.54 Å². The average Bonchev–Trinajstić information content (AvgIpc) is 2.55. The Balaban J connectivity index is 2.87. The molecule has 0 saturated heterocycles. The van der Waals surface area contributed by atoms with Crippen LogP contribution in [-0.2, 0) is 14.9 Å². The monoisotopic (exact) mass is 249 g/mol. The van der Waals surface area contributed by atoms with Gasteiger partial charge in [-0.15, -0.1) is 0 Å². The van der Waals surface area contributed by atoms with E-state index in [2.05, 4.69) is 14.7 Å². The van der Waals surface area contributed by atoms with Crippen LogP contribution in [0.2, 0.25) is 0 Å². The lowest BCUT2D eigenvalue weighted by Gasteiger charge is -2.10. The van der Waals surface area contributed by atoms with E-state index in [-0.39, 0.29) is 17.2 Å². The molecule has 1 rings (SSSR count). The maximum absolute atomic E-state index is 11.8. The molecule has 16 heavy (non-hydrogen) atoms. The summed E-state index contributed by atoms with van der Waals surface area (Å²) in [7, 11) is -3.63. The number of nitrogens with two attached hydrogens (primary N) is 1. The molecule has 0 bridgehead atoms. The van der Waals surface area contributed by atoms with Gasteiger partial charge in [0.1, 0.15) is 10.6 Å². The van der Waals surface area contributed by atoms with Gasteiger partial charge in [0.15, 0.2) is 5.76 Å². The maximum Gasteiger partial charge on any atom is 0.246 e. The van der Waals surface area contributed by atoms with Crippen LogP contribution in [0.5, 0.6) is 0 Å². The Morgan fingerprint density at radius 1 is 1.56 bits per heavy atom. The molecular weight excluding hydrogens is 234 g/mol. The Kier molecular flexibility index (Phi) is 4.03. The van der Waals surface area contributed by atoms with Crippen molar-refractivity contribution in [1.29, 1.82) is 0 Å². The van der Waals surface area contributed by atoms with Crippen LogP contribution in [0.15, 0.2) is 9.42 Å². The Morgan fingerprint density at radius 3 is 2.62 bits per heavy atom. The van der Waals surface area contributed by atoms with Gasteiger partial charge in [-0.25, -0.2) is 19.0 Å². The molecule has 1 heterocycles. The molecule has 1 aromatic heterocycles. The quantitative estimate of drug-likeness (QED) is 0.702. The minimum absolute atomic E-state index is 0.0664. The van der Waals surface area contributed by atoms with Crippen LogP contribution >= 0.6 is 0 Å². The first-order chi connectivity index (χ1) is 7.38. The molecule has 0 aliphatic carbocycles. The predicted octanol–water partition coefficient (Wildman–Crippen LogP) is -0.151. The first-order valence-corrected chi connectivity index (χ1v) is 6.15. The van der Waals surface area contributed by atoms with Gasteiger partial charge < -0.3 is 9.36 Å². The van der Waals surface area contributed by atoms with Crippen LogP contribution in [0.1, 0.15) is 18.4 Å². The molecule has 7 nitrogen and oxygen atoms in total. The lowest BCUT2D eigenvalue weighted by atomic mass is 10.4. The van der Waals surface area contributed by atoms with Crippen LogP contribution in [0.25, 0.3) is 0 Å². The summed E-state index contributed by atoms with van der Waals surface area (Å²) in [6.07, 6.45) is -0.407. The third-order valence-corrected chi connectivity index (χ3v) is 3.70. The number of hydrogen-bond acceptors (Lipinski definition) is 6. The molecule has 0 aliphatic rings. The second kappa shape index (κ2) is 4.91. The molecule has 8 heteroatoms. The molecule has 0 saturated carbocycles. The van der Waals surface area contributed by atoms with Crippen molar-refractivity contribution in [1.82, 2.24) is 9.88 Å². The molecule has 3 N–H and O–H groups in total. The highest BCUT2D eigenvalue weighted by Gasteiger charge is 2.24. The zero-order valence-corrected chi connectivity index (χ0v) is 10.2. The highest BCUT2D eigenvalue weighted by Crippen LogP contribution is 2.18. The van der Waals surface area contributed by atoms with E-state index in [0.29, 0.717) is 5.69 Å². The molecule has 0 amide bonds. The Bertz CT molecular complexity index is 434. The highest BCUT2D eigenvalue weighted by atomic mass is 32.2. The van der Waals surface area contributed by atoms with Crippen LogP contribution in [0.4, 0.5) is 0 Å². The summed E-state index contributed by atoms with van der Waals surface area (Å²) >= 11 is 0. The van der Waals surface area contributed by atoms with E-state index in [9.17, 15) is 8.42 Å². The molecular formula is C8H15N3O4S. The summed E-state index contributed by atoms with van der Waals surface area (Å²) in [4.78, 5) is 4.52. The van der Waals surface area contributed by atoms with E-state index in [1.54, 1.807) is 13.8 Å². The van der Waals surface area contributed by atoms with Crippen molar-refractivity contribution in [3.63, 3.8) is 0 Å². The van der Waals surface area contributed by atoms with Crippen molar-refractivity contribution in [3.05, 3.63) is 11.5 Å². The lowest BCUT2D eigenvalue weighted by molar-refractivity contribution is 0.0702. The van der Waals surface area contributed by atoms with Crippen LogP contribution in [0.3, 0.4) is 0 Å². The van der Waals surface area contributed by atoms with E-state index in [0.717, 1.165) is 0 Å². The lowest BCUT2D eigenvalue weighted by Crippen LogP contribution is -2.33. The molecule has 0 aromatic carbocycles. The molecule has 0 spiro atoms. The minimum Gasteiger partial charge on any atom is -0.360 e. The van der Waals surface area contributed by atoms with Gasteiger partial charge >= 0.3 is 0 Å². The molecule has 1 atom stereocenters. The average molecular weight is 249 g/mol. The van der Waals surface area contributed by atoms with Gasteiger partial charge in [0, 0.05) is 6.54 Å². The predicted molar refractivity (Wildman–Crippen MR) is 55.9 cm³/mol. The van der Waals surface area contributed by atoms with Crippen molar-refractivity contribution >= 4 is 10.0 Å². The molecule has 0 fully saturated rings. The number of sulfonamides is 1. The third-order valence-electron chi connectivity index (χ3n) is 2.03. The zero-order chi connectivity index (χ0) is 12.3. The molecule has 1 aromatic rings. The van der Waals surface area contributed by atoms with Crippen molar-refractivity contribution in [3.8, 4) is 0 Å². The summed E-state index contributed by atoms with van der Waals surface area (Å²) in [5.41, 5.74) is 0.325. The van der Waals surface area contributed by atoms with E-state index >= 15 is 0 Å². The van der Waals surface area contributed by atoms with Crippen molar-refractivity contribution in [2.45, 2.75) is 31.8 Å². The Hall–Kier alpha value is -0.960. The zero-order valence-electron chi connectivity index (χ0n) is 9.35. The Labute approximate surface area is 93.9 Å². The third kappa shape index (κ3) is 2.79. The van der Waals surface area contributed by atoms with Crippen LogP contribution in [0, 0.1) is 13.8 Å². The molecule has 1 unspecified atom stereocenters. The summed E-state index contributed by atoms with van der Waals surface area (Å²) in [6, 6.07) is 0. The van der Waals surface area contributed by atoms with Crippen LogP contribution in [-0.4, -0.2) is 26.2 Å². The van der Waals surface area contributed by atoms with Gasteiger partial charge in [-0.1, -0.05) is 5.16 Å². The number of rotatable bonds is 5. The van der Waals surface area contributed by atoms with Crippen LogP contribution < -0.4 is 10.6 Å². The molecule has 0 radical (unpaired) electrons. The van der Waals surface area contributed by atoms with E-state index in [1.165, 1.54) is 6.92 Å². The standard InChI is InChI=1S/C8H15N3O4S/c1-5(14-9)4-10-16(12,13)8-6(2)11-15-7(8)3/h5,10H,4,9H2,1-3H3. The van der Waals surface area contributed by atoms with Crippen molar-refractivity contribution in [2.24, 2.45) is 5.90 Å². The minimum atomic E-state index is -3.63. The van der Waals surface area contributed by atoms with Gasteiger partial charge in [0.25, 0.3) is 0 Å². The van der Waals surface area contributed by atoms with Crippen molar-refractivity contribution < 1.29 is 17.8 Å². The normalized spacial score (nSPS) is 14.0. The van der Waals surface area contributed by atoms with E-state index in [4.69, 9.17) is 10.4 Å². The first kappa shape index (κ1) is 13.1. The SMILES string of the molecule is Cc1noc(C)c1S(=O)(=O)NCC(C)ON. The summed E-state index contributed by atoms with van der Waals surface area (Å²) in [6.45, 7) is 4.84. The Morgan fingerprint density at radius 2 is 2.19 bits per heavy atom. The highest BCUT2D eigenvalue weighted by molar-refractivity contribution is 7.89. The number of aryl methyl sites for hydroxylation is 2. The van der Waals surface area contributed by atoms with Gasteiger partial charge in [-0.3, -0.25) is 0 Å². The molecule has 92 valence electrons. The fraction of sp³-hybridized carbons (Fsp3) is 0.625. The van der Waals surface area contributed by atoms with E-state index in [1.807, 2.05) is 0 Å². The fourth-order valence-electron chi connectivity index (χ4n) is 1.21. The fourth-order valence-corrected chi connectivity index (χ4v) is 2.65. The van der Waals surface area contributed by atoms with Gasteiger partial charge in [-0.05, 0) is 20.8 Å². The first-order valence-electron chi connectivity index (χ1n) is 4.66. The largest absolute Gasteiger partial charge is 0.360 e. The number of aromatic nitrogens is 1. The van der Waals surface area contributed by atoms with E-state index < -0.39 is 16.1 Å². The summed E-state index contributed by atoms with van der Waals surface area (Å²) in [5, 5.41) is 3.58.